The number of nitro groups is 1. The Kier molecular flexibility index (Phi) is 5.45. The summed E-state index contributed by atoms with van der Waals surface area (Å²) < 4.78 is 28.7. The van der Waals surface area contributed by atoms with Crippen molar-refractivity contribution in [2.24, 2.45) is 0 Å². The van der Waals surface area contributed by atoms with Gasteiger partial charge in [0, 0.05) is 16.7 Å². The lowest BCUT2D eigenvalue weighted by molar-refractivity contribution is -0.524. The lowest BCUT2D eigenvalue weighted by atomic mass is 10.0. The molecule has 1 fully saturated rings. The summed E-state index contributed by atoms with van der Waals surface area (Å²) >= 11 is 11.0. The number of alkyl halides is 2. The summed E-state index contributed by atoms with van der Waals surface area (Å²) in [5.74, 6) is 0.212. The van der Waals surface area contributed by atoms with Crippen LogP contribution in [0, 0.1) is 10.1 Å². The van der Waals surface area contributed by atoms with Crippen molar-refractivity contribution < 1.29 is 23.3 Å². The average molecular weight is 346 g/mol. The molecule has 2 bridgehead atoms. The molecule has 0 radical (unpaired) electrons. The smallest absolute Gasteiger partial charge is 0.343 e. The highest BCUT2D eigenvalue weighted by Crippen LogP contribution is 2.60. The fourth-order valence-electron chi connectivity index (χ4n) is 2.41. The molecular formula is C10H14Cl2NO6P. The monoisotopic (exact) mass is 345 g/mol. The maximum absolute atomic E-state index is 12.9. The van der Waals surface area contributed by atoms with Gasteiger partial charge in [0.1, 0.15) is 6.10 Å². The molecule has 20 heavy (non-hydrogen) atoms. The molecule has 2 aliphatic heterocycles. The van der Waals surface area contributed by atoms with E-state index in [0.29, 0.717) is 0 Å². The van der Waals surface area contributed by atoms with Gasteiger partial charge in [-0.3, -0.25) is 14.7 Å². The van der Waals surface area contributed by atoms with E-state index in [1.165, 1.54) is 0 Å². The molecule has 0 N–H and O–H groups in total. The molecule has 0 aromatic carbocycles. The van der Waals surface area contributed by atoms with E-state index in [1.807, 2.05) is 0 Å². The largest absolute Gasteiger partial charge is 0.358 e. The Morgan fingerprint density at radius 1 is 1.20 bits per heavy atom. The molecule has 4 unspecified atom stereocenters. The maximum atomic E-state index is 12.9. The minimum absolute atomic E-state index is 0.0246. The zero-order valence-electron chi connectivity index (χ0n) is 10.4. The van der Waals surface area contributed by atoms with Crippen molar-refractivity contribution in [1.82, 2.24) is 0 Å². The van der Waals surface area contributed by atoms with Crippen LogP contribution in [0.2, 0.25) is 0 Å². The van der Waals surface area contributed by atoms with Gasteiger partial charge in [-0.25, -0.2) is 0 Å². The lowest BCUT2D eigenvalue weighted by Crippen LogP contribution is -2.41. The third-order valence-corrected chi connectivity index (χ3v) is 5.86. The standard InChI is InChI=1S/C10H14Cl2NO6P/c11-3-5-17-20(16,18-6-4-12)10-8-2-1-7(19-8)9(10)13(14)15/h1-2,7-10H,3-6H2. The lowest BCUT2D eigenvalue weighted by Gasteiger charge is -2.27. The molecule has 114 valence electrons. The molecular weight excluding hydrogens is 332 g/mol. The summed E-state index contributed by atoms with van der Waals surface area (Å²) in [6.45, 7) is -0.0493. The first-order valence-electron chi connectivity index (χ1n) is 6.01. The van der Waals surface area contributed by atoms with Gasteiger partial charge in [0.25, 0.3) is 6.04 Å². The second-order valence-electron chi connectivity index (χ2n) is 4.30. The molecule has 2 aliphatic rings. The summed E-state index contributed by atoms with van der Waals surface area (Å²) in [5.41, 5.74) is -0.973. The van der Waals surface area contributed by atoms with Crippen LogP contribution in [0.25, 0.3) is 0 Å². The number of hydrogen-bond donors (Lipinski definition) is 0. The average Bonchev–Trinajstić information content (AvgIpc) is 3.03. The zero-order chi connectivity index (χ0) is 14.8. The van der Waals surface area contributed by atoms with Crippen molar-refractivity contribution in [3.63, 3.8) is 0 Å². The van der Waals surface area contributed by atoms with Crippen LogP contribution in [0.4, 0.5) is 0 Å². The third-order valence-electron chi connectivity index (χ3n) is 3.13. The van der Waals surface area contributed by atoms with E-state index in [2.05, 4.69) is 0 Å². The van der Waals surface area contributed by atoms with Crippen molar-refractivity contribution in [3.05, 3.63) is 22.3 Å². The van der Waals surface area contributed by atoms with Crippen LogP contribution in [0.5, 0.6) is 0 Å². The predicted octanol–water partition coefficient (Wildman–Crippen LogP) is 2.04. The first kappa shape index (κ1) is 16.2. The van der Waals surface area contributed by atoms with E-state index in [-0.39, 0.29) is 25.0 Å². The van der Waals surface area contributed by atoms with Crippen LogP contribution < -0.4 is 0 Å². The van der Waals surface area contributed by atoms with E-state index in [9.17, 15) is 14.7 Å². The Balaban J connectivity index is 2.24. The van der Waals surface area contributed by atoms with Gasteiger partial charge in [0.15, 0.2) is 5.66 Å². The Hall–Kier alpha value is -0.170. The van der Waals surface area contributed by atoms with Gasteiger partial charge < -0.3 is 13.8 Å². The first-order valence-corrected chi connectivity index (χ1v) is 8.69. The molecule has 1 saturated heterocycles. The van der Waals surface area contributed by atoms with Gasteiger partial charge in [-0.2, -0.15) is 0 Å². The summed E-state index contributed by atoms with van der Waals surface area (Å²) in [4.78, 5) is 10.7. The van der Waals surface area contributed by atoms with E-state index in [1.54, 1.807) is 12.2 Å². The van der Waals surface area contributed by atoms with Crippen LogP contribution in [-0.4, -0.2) is 53.8 Å². The number of rotatable bonds is 8. The third kappa shape index (κ3) is 3.03. The SMILES string of the molecule is O=[N+]([O-])C1C2C=CC(O2)C1P(=O)(OCCCl)OCCCl. The van der Waals surface area contributed by atoms with Gasteiger partial charge >= 0.3 is 7.60 Å². The second kappa shape index (κ2) is 6.73. The van der Waals surface area contributed by atoms with Crippen LogP contribution in [0.3, 0.4) is 0 Å². The number of ether oxygens (including phenoxy) is 1. The summed E-state index contributed by atoms with van der Waals surface area (Å²) in [6, 6.07) is -1.15. The van der Waals surface area contributed by atoms with E-state index >= 15 is 0 Å². The Morgan fingerprint density at radius 2 is 1.75 bits per heavy atom. The molecule has 10 heteroatoms. The topological polar surface area (TPSA) is 87.9 Å². The van der Waals surface area contributed by atoms with E-state index < -0.39 is 36.4 Å². The zero-order valence-corrected chi connectivity index (χ0v) is 12.8. The minimum atomic E-state index is -3.74. The second-order valence-corrected chi connectivity index (χ2v) is 7.25. The highest BCUT2D eigenvalue weighted by molar-refractivity contribution is 7.54. The molecule has 7 nitrogen and oxygen atoms in total. The quantitative estimate of drug-likeness (QED) is 0.220. The number of nitrogens with zero attached hydrogens (tertiary/aromatic N) is 1. The Bertz CT molecular complexity index is 435. The molecule has 0 aromatic heterocycles. The van der Waals surface area contributed by atoms with Crippen LogP contribution in [0.1, 0.15) is 0 Å². The van der Waals surface area contributed by atoms with Crippen LogP contribution in [0.15, 0.2) is 12.2 Å². The van der Waals surface area contributed by atoms with Gasteiger partial charge in [-0.15, -0.1) is 23.2 Å². The fraction of sp³-hybridized carbons (Fsp3) is 0.800. The van der Waals surface area contributed by atoms with Crippen LogP contribution >= 0.6 is 30.8 Å². The van der Waals surface area contributed by atoms with Crippen molar-refractivity contribution >= 4 is 30.8 Å². The maximum Gasteiger partial charge on any atom is 0.343 e. The predicted molar refractivity (Wildman–Crippen MR) is 73.3 cm³/mol. The van der Waals surface area contributed by atoms with Gasteiger partial charge in [0.05, 0.1) is 19.3 Å². The first-order chi connectivity index (χ1) is 9.53. The van der Waals surface area contributed by atoms with E-state index in [4.69, 9.17) is 37.0 Å². The summed E-state index contributed by atoms with van der Waals surface area (Å²) in [6.07, 6.45) is 1.90. The molecule has 0 aliphatic carbocycles. The van der Waals surface area contributed by atoms with Gasteiger partial charge in [-0.1, -0.05) is 12.2 Å². The Morgan fingerprint density at radius 3 is 2.25 bits per heavy atom. The van der Waals surface area contributed by atoms with Crippen LogP contribution in [-0.2, 0) is 18.3 Å². The molecule has 2 heterocycles. The molecule has 0 aromatic rings. The highest BCUT2D eigenvalue weighted by atomic mass is 35.5. The molecule has 0 amide bonds. The number of fused-ring (bicyclic) bond motifs is 2. The molecule has 0 spiro atoms. The minimum Gasteiger partial charge on any atom is -0.358 e. The van der Waals surface area contributed by atoms with Gasteiger partial charge in [-0.05, 0) is 0 Å². The van der Waals surface area contributed by atoms with Gasteiger partial charge in [0.2, 0.25) is 0 Å². The summed E-state index contributed by atoms with van der Waals surface area (Å²) in [7, 11) is -3.74. The highest BCUT2D eigenvalue weighted by Gasteiger charge is 2.62. The molecule has 2 rings (SSSR count). The normalized spacial score (nSPS) is 31.9. The van der Waals surface area contributed by atoms with Crippen molar-refractivity contribution in [1.29, 1.82) is 0 Å². The van der Waals surface area contributed by atoms with Crippen molar-refractivity contribution in [2.75, 3.05) is 25.0 Å². The van der Waals surface area contributed by atoms with E-state index in [0.717, 1.165) is 0 Å². The number of halogens is 2. The fourth-order valence-corrected chi connectivity index (χ4v) is 5.08. The summed E-state index contributed by atoms with van der Waals surface area (Å²) in [5, 5.41) is 11.2. The Labute approximate surface area is 125 Å². The number of hydrogen-bond acceptors (Lipinski definition) is 6. The van der Waals surface area contributed by atoms with Crippen molar-refractivity contribution in [2.45, 2.75) is 23.9 Å². The molecule has 4 atom stereocenters. The van der Waals surface area contributed by atoms with Crippen molar-refractivity contribution in [3.8, 4) is 0 Å². The molecule has 0 saturated carbocycles.